The summed E-state index contributed by atoms with van der Waals surface area (Å²) in [5.74, 6) is -2.23. The maximum absolute atomic E-state index is 13.7. The molecule has 0 radical (unpaired) electrons. The van der Waals surface area contributed by atoms with E-state index in [9.17, 15) is 19.2 Å². The number of esters is 2. The molecule has 0 bridgehead atoms. The van der Waals surface area contributed by atoms with Crippen LogP contribution in [0.4, 0.5) is 4.79 Å². The first-order valence-electron chi connectivity index (χ1n) is 10.1. The minimum Gasteiger partial charge on any atom is -0.467 e. The van der Waals surface area contributed by atoms with Crippen LogP contribution in [0.3, 0.4) is 0 Å². The van der Waals surface area contributed by atoms with Gasteiger partial charge in [-0.3, -0.25) is 9.59 Å². The van der Waals surface area contributed by atoms with Gasteiger partial charge in [-0.15, -0.1) is 0 Å². The number of alkyl carbamates (subject to hydrolysis) is 1. The number of carbonyl (C=O) groups excluding carboxylic acids is 4. The highest BCUT2D eigenvalue weighted by atomic mass is 16.5. The van der Waals surface area contributed by atoms with E-state index in [-0.39, 0.29) is 25.0 Å². The fraction of sp³-hybridized carbons (Fsp3) is 0.619. The largest absolute Gasteiger partial charge is 0.467 e. The number of carbonyl (C=O) groups is 4. The molecule has 5 atom stereocenters. The summed E-state index contributed by atoms with van der Waals surface area (Å²) in [6.45, 7) is 7.49. The van der Waals surface area contributed by atoms with Crippen LogP contribution in [0.1, 0.15) is 25.7 Å². The van der Waals surface area contributed by atoms with Crippen molar-refractivity contribution in [1.29, 1.82) is 0 Å². The van der Waals surface area contributed by atoms with E-state index in [0.29, 0.717) is 32.2 Å². The van der Waals surface area contributed by atoms with Crippen LogP contribution in [-0.4, -0.2) is 67.3 Å². The molecule has 0 unspecified atom stereocenters. The number of methoxy groups -OCH3 is 1. The van der Waals surface area contributed by atoms with Gasteiger partial charge in [-0.2, -0.15) is 0 Å². The minimum absolute atomic E-state index is 0.0104. The fourth-order valence-corrected chi connectivity index (χ4v) is 4.97. The van der Waals surface area contributed by atoms with E-state index in [1.54, 1.807) is 0 Å². The van der Waals surface area contributed by atoms with Crippen molar-refractivity contribution < 1.29 is 33.4 Å². The SMILES string of the molecule is C=CCOC(=O)N[C@@]1(C(=O)N2CCC[C@H]2C(=O)OC)CC[C@H]2[C@H](C(=O)OCC=C)[C@H]21. The van der Waals surface area contributed by atoms with Crippen LogP contribution in [0.2, 0.25) is 0 Å². The Morgan fingerprint density at radius 1 is 1.10 bits per heavy atom. The molecular weight excluding hydrogens is 392 g/mol. The molecule has 9 heteroatoms. The van der Waals surface area contributed by atoms with Crippen LogP contribution < -0.4 is 5.32 Å². The molecule has 9 nitrogen and oxygen atoms in total. The van der Waals surface area contributed by atoms with Gasteiger partial charge in [0.2, 0.25) is 5.91 Å². The molecule has 0 spiro atoms. The molecule has 1 aliphatic heterocycles. The predicted molar refractivity (Wildman–Crippen MR) is 105 cm³/mol. The lowest BCUT2D eigenvalue weighted by Gasteiger charge is -2.36. The van der Waals surface area contributed by atoms with Crippen LogP contribution >= 0.6 is 0 Å². The topological polar surface area (TPSA) is 111 Å². The van der Waals surface area contributed by atoms with Crippen molar-refractivity contribution in [2.24, 2.45) is 17.8 Å². The molecule has 30 heavy (non-hydrogen) atoms. The van der Waals surface area contributed by atoms with Crippen molar-refractivity contribution >= 4 is 23.9 Å². The summed E-state index contributed by atoms with van der Waals surface area (Å²) < 4.78 is 15.1. The Labute approximate surface area is 175 Å². The van der Waals surface area contributed by atoms with Gasteiger partial charge in [-0.25, -0.2) is 9.59 Å². The molecule has 1 saturated heterocycles. The number of nitrogens with zero attached hydrogens (tertiary/aromatic N) is 1. The van der Waals surface area contributed by atoms with Gasteiger partial charge in [0.25, 0.3) is 0 Å². The van der Waals surface area contributed by atoms with Gasteiger partial charge in [0.05, 0.1) is 13.0 Å². The van der Waals surface area contributed by atoms with Crippen molar-refractivity contribution in [3.63, 3.8) is 0 Å². The van der Waals surface area contributed by atoms with Crippen LogP contribution in [0.5, 0.6) is 0 Å². The number of hydrogen-bond acceptors (Lipinski definition) is 7. The quantitative estimate of drug-likeness (QED) is 0.357. The summed E-state index contributed by atoms with van der Waals surface area (Å²) in [7, 11) is 1.28. The van der Waals surface area contributed by atoms with Crippen LogP contribution in [0, 0.1) is 17.8 Å². The van der Waals surface area contributed by atoms with Crippen molar-refractivity contribution in [3.8, 4) is 0 Å². The molecule has 164 valence electrons. The summed E-state index contributed by atoms with van der Waals surface area (Å²) in [5.41, 5.74) is -1.32. The van der Waals surface area contributed by atoms with E-state index in [1.165, 1.54) is 24.2 Å². The lowest BCUT2D eigenvalue weighted by atomic mass is 9.88. The third kappa shape index (κ3) is 3.80. The Morgan fingerprint density at radius 2 is 1.80 bits per heavy atom. The second-order valence-corrected chi connectivity index (χ2v) is 7.84. The molecular formula is C21H28N2O7. The normalized spacial score (nSPS) is 31.3. The second-order valence-electron chi connectivity index (χ2n) is 7.84. The Balaban J connectivity index is 1.86. The van der Waals surface area contributed by atoms with Gasteiger partial charge >= 0.3 is 18.0 Å². The number of likely N-dealkylation sites (tertiary alicyclic amines) is 1. The molecule has 1 heterocycles. The monoisotopic (exact) mass is 420 g/mol. The zero-order chi connectivity index (χ0) is 21.9. The van der Waals surface area contributed by atoms with Gasteiger partial charge in [-0.05, 0) is 31.6 Å². The molecule has 1 N–H and O–H groups in total. The second kappa shape index (κ2) is 8.89. The van der Waals surface area contributed by atoms with Gasteiger partial charge in [-0.1, -0.05) is 25.3 Å². The molecule has 2 aliphatic carbocycles. The van der Waals surface area contributed by atoms with Crippen molar-refractivity contribution in [1.82, 2.24) is 10.2 Å². The van der Waals surface area contributed by atoms with Crippen molar-refractivity contribution in [2.75, 3.05) is 26.9 Å². The number of nitrogens with one attached hydrogen (secondary N) is 1. The first-order chi connectivity index (χ1) is 14.4. The van der Waals surface area contributed by atoms with Gasteiger partial charge in [0, 0.05) is 12.5 Å². The highest BCUT2D eigenvalue weighted by Crippen LogP contribution is 2.63. The van der Waals surface area contributed by atoms with E-state index >= 15 is 0 Å². The molecule has 0 aromatic rings. The third-order valence-corrected chi connectivity index (χ3v) is 6.25. The number of hydrogen-bond donors (Lipinski definition) is 1. The fourth-order valence-electron chi connectivity index (χ4n) is 4.97. The average molecular weight is 420 g/mol. The highest BCUT2D eigenvalue weighted by molar-refractivity contribution is 5.96. The Hall–Kier alpha value is -2.84. The lowest BCUT2D eigenvalue weighted by molar-refractivity contribution is -0.154. The van der Waals surface area contributed by atoms with Crippen molar-refractivity contribution in [2.45, 2.75) is 37.3 Å². The molecule has 0 aromatic heterocycles. The Bertz CT molecular complexity index is 752. The van der Waals surface area contributed by atoms with Crippen LogP contribution in [-0.2, 0) is 28.6 Å². The van der Waals surface area contributed by atoms with Crippen molar-refractivity contribution in [3.05, 3.63) is 25.3 Å². The lowest BCUT2D eigenvalue weighted by Crippen LogP contribution is -2.62. The summed E-state index contributed by atoms with van der Waals surface area (Å²) in [6, 6.07) is -0.700. The maximum Gasteiger partial charge on any atom is 0.408 e. The van der Waals surface area contributed by atoms with E-state index < -0.39 is 41.4 Å². The van der Waals surface area contributed by atoms with Gasteiger partial charge in [0.15, 0.2) is 0 Å². The molecule has 2 saturated carbocycles. The number of rotatable bonds is 8. The standard InChI is InChI=1S/C21H28N2O7/c1-4-11-29-18(25)15-13-8-9-21(16(13)15,22-20(27)30-12-5-2)19(26)23-10-6-7-14(23)17(24)28-3/h4-5,13-16H,1-2,6-12H2,3H3,(H,22,27)/t13-,14-,15-,16-,21-/m0/s1. The molecule has 3 aliphatic rings. The Morgan fingerprint density at radius 3 is 2.47 bits per heavy atom. The summed E-state index contributed by atoms with van der Waals surface area (Å²) in [4.78, 5) is 52.2. The molecule has 0 aromatic carbocycles. The molecule has 2 amide bonds. The highest BCUT2D eigenvalue weighted by Gasteiger charge is 2.73. The Kier molecular flexibility index (Phi) is 6.48. The number of fused-ring (bicyclic) bond motifs is 1. The summed E-state index contributed by atoms with van der Waals surface area (Å²) >= 11 is 0. The number of ether oxygens (including phenoxy) is 3. The smallest absolute Gasteiger partial charge is 0.408 e. The van der Waals surface area contributed by atoms with Gasteiger partial charge in [0.1, 0.15) is 24.8 Å². The van der Waals surface area contributed by atoms with Crippen LogP contribution in [0.25, 0.3) is 0 Å². The van der Waals surface area contributed by atoms with E-state index in [4.69, 9.17) is 14.2 Å². The first-order valence-corrected chi connectivity index (χ1v) is 10.1. The first kappa shape index (κ1) is 21.9. The number of amides is 2. The average Bonchev–Trinajstić information content (AvgIpc) is 3.09. The van der Waals surface area contributed by atoms with E-state index in [0.717, 1.165) is 0 Å². The van der Waals surface area contributed by atoms with E-state index in [1.807, 2.05) is 0 Å². The van der Waals surface area contributed by atoms with Crippen LogP contribution in [0.15, 0.2) is 25.3 Å². The van der Waals surface area contributed by atoms with Gasteiger partial charge < -0.3 is 24.4 Å². The third-order valence-electron chi connectivity index (χ3n) is 6.25. The predicted octanol–water partition coefficient (Wildman–Crippen LogP) is 1.19. The summed E-state index contributed by atoms with van der Waals surface area (Å²) in [5, 5.41) is 2.73. The molecule has 3 rings (SSSR count). The zero-order valence-electron chi connectivity index (χ0n) is 17.1. The zero-order valence-corrected chi connectivity index (χ0v) is 17.1. The van der Waals surface area contributed by atoms with E-state index in [2.05, 4.69) is 18.5 Å². The maximum atomic E-state index is 13.7. The minimum atomic E-state index is -1.32. The summed E-state index contributed by atoms with van der Waals surface area (Å²) in [6.07, 6.45) is 4.23. The molecule has 3 fully saturated rings.